The van der Waals surface area contributed by atoms with Gasteiger partial charge >= 0.3 is 0 Å². The van der Waals surface area contributed by atoms with Gasteiger partial charge in [-0.1, -0.05) is 20.8 Å². The number of hydrogen-bond acceptors (Lipinski definition) is 2. The van der Waals surface area contributed by atoms with E-state index in [2.05, 4.69) is 0 Å². The average Bonchev–Trinajstić information content (AvgIpc) is 1.86. The van der Waals surface area contributed by atoms with Crippen LogP contribution >= 0.6 is 0 Å². The molecule has 0 spiro atoms. The van der Waals surface area contributed by atoms with Crippen LogP contribution in [0.25, 0.3) is 0 Å². The number of methoxy groups -OCH3 is 1. The quantitative estimate of drug-likeness (QED) is 0.588. The van der Waals surface area contributed by atoms with E-state index in [0.29, 0.717) is 0 Å². The second-order valence-electron chi connectivity index (χ2n) is 2.93. The molecule has 0 unspecified atom stereocenters. The van der Waals surface area contributed by atoms with Gasteiger partial charge in [-0.2, -0.15) is 0 Å². The van der Waals surface area contributed by atoms with Gasteiger partial charge in [0.15, 0.2) is 6.29 Å². The number of aliphatic hydroxyl groups excluding tert-OH is 1. The van der Waals surface area contributed by atoms with Crippen LogP contribution in [0.1, 0.15) is 27.2 Å². The maximum Gasteiger partial charge on any atom is 0.159 e. The molecule has 0 aromatic rings. The maximum absolute atomic E-state index is 9.16. The first-order chi connectivity index (χ1) is 4.04. The highest BCUT2D eigenvalue weighted by Gasteiger charge is 2.24. The van der Waals surface area contributed by atoms with Crippen molar-refractivity contribution < 1.29 is 9.84 Å². The Hall–Kier alpha value is -0.0800. The van der Waals surface area contributed by atoms with E-state index in [-0.39, 0.29) is 5.41 Å². The van der Waals surface area contributed by atoms with Crippen LogP contribution in [0.5, 0.6) is 0 Å². The summed E-state index contributed by atoms with van der Waals surface area (Å²) in [6, 6.07) is 0. The highest BCUT2D eigenvalue weighted by atomic mass is 16.6. The van der Waals surface area contributed by atoms with Gasteiger partial charge in [0, 0.05) is 12.5 Å². The molecule has 1 atom stereocenters. The Labute approximate surface area is 56.8 Å². The van der Waals surface area contributed by atoms with Crippen LogP contribution in [0.4, 0.5) is 0 Å². The highest BCUT2D eigenvalue weighted by molar-refractivity contribution is 4.68. The average molecular weight is 132 g/mol. The van der Waals surface area contributed by atoms with Crippen molar-refractivity contribution in [2.45, 2.75) is 33.5 Å². The van der Waals surface area contributed by atoms with Crippen LogP contribution in [0, 0.1) is 5.41 Å². The molecule has 56 valence electrons. The standard InChI is InChI=1S/C7H16O2/c1-5-7(2,3)6(8)9-4/h6,8H,5H2,1-4H3/t6-/m1/s1. The van der Waals surface area contributed by atoms with Crippen molar-refractivity contribution in [2.75, 3.05) is 7.11 Å². The predicted octanol–water partition coefficient (Wildman–Crippen LogP) is 1.39. The van der Waals surface area contributed by atoms with Gasteiger partial charge in [0.25, 0.3) is 0 Å². The minimum Gasteiger partial charge on any atom is -0.368 e. The molecular formula is C7H16O2. The third-order valence-electron chi connectivity index (χ3n) is 1.80. The molecule has 0 fully saturated rings. The Bertz CT molecular complexity index is 79.0. The molecule has 0 saturated carbocycles. The first-order valence-electron chi connectivity index (χ1n) is 3.25. The van der Waals surface area contributed by atoms with Crippen LogP contribution in [0.3, 0.4) is 0 Å². The lowest BCUT2D eigenvalue weighted by Crippen LogP contribution is -2.29. The summed E-state index contributed by atoms with van der Waals surface area (Å²) in [5, 5.41) is 9.16. The van der Waals surface area contributed by atoms with E-state index in [1.807, 2.05) is 20.8 Å². The zero-order chi connectivity index (χ0) is 7.49. The summed E-state index contributed by atoms with van der Waals surface area (Å²) in [6.45, 7) is 5.98. The molecule has 2 nitrogen and oxygen atoms in total. The normalized spacial score (nSPS) is 15.7. The first-order valence-corrected chi connectivity index (χ1v) is 3.25. The van der Waals surface area contributed by atoms with E-state index in [9.17, 15) is 0 Å². The molecule has 0 radical (unpaired) electrons. The van der Waals surface area contributed by atoms with Gasteiger partial charge in [0.05, 0.1) is 0 Å². The molecule has 0 aromatic heterocycles. The summed E-state index contributed by atoms with van der Waals surface area (Å²) >= 11 is 0. The largest absolute Gasteiger partial charge is 0.368 e. The molecule has 0 aliphatic heterocycles. The Morgan fingerprint density at radius 1 is 1.56 bits per heavy atom. The Morgan fingerprint density at radius 3 is 2.11 bits per heavy atom. The van der Waals surface area contributed by atoms with Crippen LogP contribution in [-0.4, -0.2) is 18.5 Å². The van der Waals surface area contributed by atoms with Crippen LogP contribution in [-0.2, 0) is 4.74 Å². The molecular weight excluding hydrogens is 116 g/mol. The van der Waals surface area contributed by atoms with E-state index in [1.165, 1.54) is 7.11 Å². The molecule has 0 bridgehead atoms. The SMILES string of the molecule is CCC(C)(C)[C@H](O)OC. The van der Waals surface area contributed by atoms with Crippen molar-refractivity contribution in [1.29, 1.82) is 0 Å². The Morgan fingerprint density at radius 2 is 2.00 bits per heavy atom. The zero-order valence-corrected chi connectivity index (χ0v) is 6.64. The second kappa shape index (κ2) is 3.18. The number of ether oxygens (including phenoxy) is 1. The van der Waals surface area contributed by atoms with E-state index in [0.717, 1.165) is 6.42 Å². The predicted molar refractivity (Wildman–Crippen MR) is 37.1 cm³/mol. The molecule has 0 aromatic carbocycles. The van der Waals surface area contributed by atoms with Gasteiger partial charge in [-0.25, -0.2) is 0 Å². The maximum atomic E-state index is 9.16. The summed E-state index contributed by atoms with van der Waals surface area (Å²) in [7, 11) is 1.52. The lowest BCUT2D eigenvalue weighted by molar-refractivity contribution is -0.146. The first kappa shape index (κ1) is 8.92. The van der Waals surface area contributed by atoms with E-state index < -0.39 is 6.29 Å². The molecule has 0 saturated heterocycles. The van der Waals surface area contributed by atoms with Crippen molar-refractivity contribution in [2.24, 2.45) is 5.41 Å². The third kappa shape index (κ3) is 2.33. The van der Waals surface area contributed by atoms with E-state index >= 15 is 0 Å². The van der Waals surface area contributed by atoms with Crippen molar-refractivity contribution >= 4 is 0 Å². The topological polar surface area (TPSA) is 29.5 Å². The van der Waals surface area contributed by atoms with Crippen molar-refractivity contribution in [3.63, 3.8) is 0 Å². The smallest absolute Gasteiger partial charge is 0.159 e. The van der Waals surface area contributed by atoms with E-state index in [4.69, 9.17) is 9.84 Å². The minimum absolute atomic E-state index is 0.116. The van der Waals surface area contributed by atoms with Gasteiger partial charge in [0.1, 0.15) is 0 Å². The molecule has 9 heavy (non-hydrogen) atoms. The highest BCUT2D eigenvalue weighted by Crippen LogP contribution is 2.24. The summed E-state index contributed by atoms with van der Waals surface area (Å²) in [5.74, 6) is 0. The lowest BCUT2D eigenvalue weighted by atomic mass is 9.90. The van der Waals surface area contributed by atoms with Gasteiger partial charge in [0.2, 0.25) is 0 Å². The molecule has 0 rings (SSSR count). The molecule has 0 heterocycles. The summed E-state index contributed by atoms with van der Waals surface area (Å²) < 4.78 is 4.76. The molecule has 0 amide bonds. The number of hydrogen-bond donors (Lipinski definition) is 1. The zero-order valence-electron chi connectivity index (χ0n) is 6.64. The summed E-state index contributed by atoms with van der Waals surface area (Å²) in [5.41, 5.74) is -0.116. The van der Waals surface area contributed by atoms with Gasteiger partial charge in [-0.3, -0.25) is 0 Å². The second-order valence-corrected chi connectivity index (χ2v) is 2.93. The van der Waals surface area contributed by atoms with Crippen LogP contribution < -0.4 is 0 Å². The van der Waals surface area contributed by atoms with Crippen molar-refractivity contribution in [3.05, 3.63) is 0 Å². The minimum atomic E-state index is -0.637. The fourth-order valence-electron chi connectivity index (χ4n) is 0.494. The van der Waals surface area contributed by atoms with Crippen LogP contribution in [0.15, 0.2) is 0 Å². The fraction of sp³-hybridized carbons (Fsp3) is 1.00. The Kier molecular flexibility index (Phi) is 3.15. The number of aliphatic hydroxyl groups is 1. The van der Waals surface area contributed by atoms with Crippen molar-refractivity contribution in [3.8, 4) is 0 Å². The molecule has 1 N–H and O–H groups in total. The molecule has 0 aliphatic rings. The Balaban J connectivity index is 3.80. The van der Waals surface area contributed by atoms with Gasteiger partial charge < -0.3 is 9.84 Å². The van der Waals surface area contributed by atoms with Crippen LogP contribution in [0.2, 0.25) is 0 Å². The van der Waals surface area contributed by atoms with Crippen molar-refractivity contribution in [1.82, 2.24) is 0 Å². The van der Waals surface area contributed by atoms with E-state index in [1.54, 1.807) is 0 Å². The third-order valence-corrected chi connectivity index (χ3v) is 1.80. The number of rotatable bonds is 3. The van der Waals surface area contributed by atoms with Gasteiger partial charge in [-0.05, 0) is 6.42 Å². The summed E-state index contributed by atoms with van der Waals surface area (Å²) in [6.07, 6.45) is 0.282. The molecule has 0 aliphatic carbocycles. The fourth-order valence-corrected chi connectivity index (χ4v) is 0.494. The molecule has 2 heteroatoms. The van der Waals surface area contributed by atoms with Gasteiger partial charge in [-0.15, -0.1) is 0 Å². The lowest BCUT2D eigenvalue weighted by Gasteiger charge is -2.27. The monoisotopic (exact) mass is 132 g/mol. The summed E-state index contributed by atoms with van der Waals surface area (Å²) in [4.78, 5) is 0.